The Morgan fingerprint density at radius 2 is 1.84 bits per heavy atom. The zero-order chi connectivity index (χ0) is 31.1. The van der Waals surface area contributed by atoms with Crippen LogP contribution in [-0.2, 0) is 25.6 Å². The van der Waals surface area contributed by atoms with Crippen molar-refractivity contribution in [3.05, 3.63) is 52.6 Å². The Balaban J connectivity index is 1.56. The summed E-state index contributed by atoms with van der Waals surface area (Å²) in [5.74, 6) is -0.678. The molecule has 4 amide bonds. The van der Waals surface area contributed by atoms with Gasteiger partial charge in [0.25, 0.3) is 0 Å². The van der Waals surface area contributed by atoms with E-state index in [2.05, 4.69) is 16.0 Å². The highest BCUT2D eigenvalue weighted by Crippen LogP contribution is 2.33. The summed E-state index contributed by atoms with van der Waals surface area (Å²) in [5.41, 5.74) is 14.0. The number of rotatable bonds is 5. The minimum absolute atomic E-state index is 0.0599. The van der Waals surface area contributed by atoms with Gasteiger partial charge in [0.2, 0.25) is 23.6 Å². The van der Waals surface area contributed by atoms with Crippen LogP contribution in [0.1, 0.15) is 56.6 Å². The lowest BCUT2D eigenvalue weighted by Gasteiger charge is -2.30. The molecule has 1 aromatic carbocycles. The first-order chi connectivity index (χ1) is 20.5. The maximum Gasteiger partial charge on any atom is 0.244 e. The fourth-order valence-electron chi connectivity index (χ4n) is 5.34. The van der Waals surface area contributed by atoms with Crippen molar-refractivity contribution in [1.82, 2.24) is 20.9 Å². The number of ether oxygens (including phenoxy) is 1. The van der Waals surface area contributed by atoms with Crippen molar-refractivity contribution in [3.8, 4) is 5.75 Å². The summed E-state index contributed by atoms with van der Waals surface area (Å²) in [6, 6.07) is 3.27. The van der Waals surface area contributed by atoms with Gasteiger partial charge in [-0.25, -0.2) is 0 Å². The number of hydrogen-bond donors (Lipinski definition) is 6. The van der Waals surface area contributed by atoms with E-state index in [4.69, 9.17) is 21.6 Å². The van der Waals surface area contributed by atoms with E-state index in [-0.39, 0.29) is 30.0 Å². The van der Waals surface area contributed by atoms with E-state index in [9.17, 15) is 19.2 Å². The fraction of sp³-hybridized carbons (Fsp3) is 0.516. The lowest BCUT2D eigenvalue weighted by molar-refractivity contribution is -0.141. The Bertz CT molecular complexity index is 1320. The van der Waals surface area contributed by atoms with Crippen LogP contribution in [0.5, 0.6) is 5.75 Å². The van der Waals surface area contributed by atoms with Gasteiger partial charge in [-0.15, -0.1) is 0 Å². The Labute approximate surface area is 252 Å². The number of allylic oxidation sites excluding steroid dienone is 2. The average Bonchev–Trinajstić information content (AvgIpc) is 3.83. The summed E-state index contributed by atoms with van der Waals surface area (Å²) in [4.78, 5) is 53.2. The van der Waals surface area contributed by atoms with E-state index in [1.165, 1.54) is 4.90 Å². The van der Waals surface area contributed by atoms with E-state index in [1.807, 2.05) is 6.07 Å². The summed E-state index contributed by atoms with van der Waals surface area (Å²) < 4.78 is 6.09. The number of primary amides is 1. The molecule has 0 bridgehead atoms. The van der Waals surface area contributed by atoms with Gasteiger partial charge in [-0.2, -0.15) is 0 Å². The molecule has 1 aliphatic heterocycles. The van der Waals surface area contributed by atoms with E-state index < -0.39 is 29.9 Å². The number of amidine groups is 1. The molecule has 232 valence electrons. The predicted molar refractivity (Wildman–Crippen MR) is 162 cm³/mol. The molecular formula is C31H43N7O5. The fourth-order valence-corrected chi connectivity index (χ4v) is 5.34. The van der Waals surface area contributed by atoms with Crippen molar-refractivity contribution in [1.29, 1.82) is 5.41 Å². The number of fused-ring (bicyclic) bond motifs is 1. The number of nitrogens with one attached hydrogen (secondary N) is 4. The summed E-state index contributed by atoms with van der Waals surface area (Å²) in [6.07, 6.45) is 7.81. The van der Waals surface area contributed by atoms with Crippen molar-refractivity contribution in [2.75, 3.05) is 26.7 Å². The molecule has 1 saturated carbocycles. The van der Waals surface area contributed by atoms with Gasteiger partial charge < -0.3 is 37.1 Å². The van der Waals surface area contributed by atoms with E-state index >= 15 is 0 Å². The van der Waals surface area contributed by atoms with Crippen LogP contribution in [0.25, 0.3) is 0 Å². The Morgan fingerprint density at radius 3 is 2.49 bits per heavy atom. The standard InChI is InChI=1S/C31H43N7O5/c1-18-29(40)37-24(16-19-5-7-22(8-6-19)28(34)39)30(41)36-13-3-4-20-9-12-23(27(32)33)17-25(20)43-15-14-35-26(21-10-11-21)31(42)38(18)2/h5,7,9,12,17-18,21,24,26,35H,3-4,6,8,10-11,13-16H2,1-2H3,(H3,32,33)(H2,34,39)(H,36,41)(H,37,40)/t18-,24-,26+/m1/s1. The monoisotopic (exact) mass is 593 g/mol. The Kier molecular flexibility index (Phi) is 10.6. The Hall–Kier alpha value is -4.19. The van der Waals surface area contributed by atoms with Gasteiger partial charge in [-0.3, -0.25) is 24.6 Å². The highest BCUT2D eigenvalue weighted by atomic mass is 16.5. The summed E-state index contributed by atoms with van der Waals surface area (Å²) in [5, 5.41) is 17.0. The predicted octanol–water partition coefficient (Wildman–Crippen LogP) is 0.634. The third-order valence-electron chi connectivity index (χ3n) is 8.34. The second kappa shape index (κ2) is 14.3. The van der Waals surface area contributed by atoms with Gasteiger partial charge in [0.1, 0.15) is 30.3 Å². The number of nitrogens with zero attached hydrogens (tertiary/aromatic N) is 1. The lowest BCUT2D eigenvalue weighted by atomic mass is 9.93. The second-order valence-corrected chi connectivity index (χ2v) is 11.5. The third-order valence-corrected chi connectivity index (χ3v) is 8.34. The van der Waals surface area contributed by atoms with Crippen LogP contribution in [0.2, 0.25) is 0 Å². The highest BCUT2D eigenvalue weighted by Gasteiger charge is 2.39. The number of nitrogen functional groups attached to an aromatic ring is 1. The van der Waals surface area contributed by atoms with Crippen molar-refractivity contribution in [2.45, 2.75) is 70.0 Å². The molecule has 12 heteroatoms. The van der Waals surface area contributed by atoms with Gasteiger partial charge >= 0.3 is 0 Å². The summed E-state index contributed by atoms with van der Waals surface area (Å²) in [7, 11) is 1.60. The van der Waals surface area contributed by atoms with Crippen molar-refractivity contribution in [2.24, 2.45) is 17.4 Å². The molecule has 1 heterocycles. The SMILES string of the molecule is C[C@@H]1C(=O)N[C@H](CC2=CC=C(C(N)=O)CC2)C(=O)NCCCc2ccc(C(=N)N)cc2OCCN[C@@H](C2CC2)C(=O)N1C. The normalized spacial score (nSPS) is 24.7. The van der Waals surface area contributed by atoms with Gasteiger partial charge in [0, 0.05) is 31.3 Å². The van der Waals surface area contributed by atoms with E-state index in [0.717, 1.165) is 24.0 Å². The molecule has 12 nitrogen and oxygen atoms in total. The summed E-state index contributed by atoms with van der Waals surface area (Å²) >= 11 is 0. The van der Waals surface area contributed by atoms with Crippen LogP contribution >= 0.6 is 0 Å². The molecule has 1 aromatic rings. The lowest BCUT2D eigenvalue weighted by Crippen LogP contribution is -2.56. The number of likely N-dealkylation sites (N-methyl/N-ethyl adjacent to an activating group) is 1. The molecular weight excluding hydrogens is 550 g/mol. The number of nitrogens with two attached hydrogens (primary N) is 2. The smallest absolute Gasteiger partial charge is 0.244 e. The minimum atomic E-state index is -0.863. The number of carbonyl (C=O) groups is 4. The van der Waals surface area contributed by atoms with Crippen LogP contribution in [-0.4, -0.2) is 79.2 Å². The molecule has 2 aliphatic carbocycles. The van der Waals surface area contributed by atoms with E-state index in [0.29, 0.717) is 62.3 Å². The van der Waals surface area contributed by atoms with Crippen LogP contribution in [0.4, 0.5) is 0 Å². The van der Waals surface area contributed by atoms with Crippen LogP contribution < -0.4 is 32.2 Å². The van der Waals surface area contributed by atoms with Crippen LogP contribution in [0.3, 0.4) is 0 Å². The first-order valence-corrected chi connectivity index (χ1v) is 14.9. The van der Waals surface area contributed by atoms with Crippen LogP contribution in [0, 0.1) is 11.3 Å². The largest absolute Gasteiger partial charge is 0.492 e. The Morgan fingerprint density at radius 1 is 1.07 bits per heavy atom. The first kappa shape index (κ1) is 31.7. The molecule has 4 rings (SSSR count). The van der Waals surface area contributed by atoms with Gasteiger partial charge in [0.05, 0.1) is 6.04 Å². The van der Waals surface area contributed by atoms with Crippen molar-refractivity contribution < 1.29 is 23.9 Å². The van der Waals surface area contributed by atoms with Crippen LogP contribution in [0.15, 0.2) is 41.5 Å². The second-order valence-electron chi connectivity index (χ2n) is 11.5. The zero-order valence-electron chi connectivity index (χ0n) is 24.9. The molecule has 0 saturated heterocycles. The molecule has 0 unspecified atom stereocenters. The van der Waals surface area contributed by atoms with Crippen molar-refractivity contribution >= 4 is 29.5 Å². The molecule has 3 aliphatic rings. The number of hydrogen-bond acceptors (Lipinski definition) is 7. The molecule has 0 radical (unpaired) electrons. The number of amides is 4. The quantitative estimate of drug-likeness (QED) is 0.213. The van der Waals surface area contributed by atoms with E-state index in [1.54, 1.807) is 38.3 Å². The average molecular weight is 594 g/mol. The van der Waals surface area contributed by atoms with Crippen molar-refractivity contribution in [3.63, 3.8) is 0 Å². The molecule has 3 atom stereocenters. The highest BCUT2D eigenvalue weighted by molar-refractivity contribution is 5.95. The zero-order valence-corrected chi connectivity index (χ0v) is 24.9. The number of carbonyl (C=O) groups excluding carboxylic acids is 4. The third kappa shape index (κ3) is 8.44. The minimum Gasteiger partial charge on any atom is -0.492 e. The molecule has 1 fully saturated rings. The molecule has 0 spiro atoms. The number of benzene rings is 1. The molecule has 8 N–H and O–H groups in total. The molecule has 0 aromatic heterocycles. The maximum absolute atomic E-state index is 13.5. The van der Waals surface area contributed by atoms with Gasteiger partial charge in [-0.1, -0.05) is 29.9 Å². The number of aryl methyl sites for hydroxylation is 1. The first-order valence-electron chi connectivity index (χ1n) is 14.9. The topological polar surface area (TPSA) is 193 Å². The van der Waals surface area contributed by atoms with Gasteiger partial charge in [-0.05, 0) is 69.4 Å². The van der Waals surface area contributed by atoms with Gasteiger partial charge in [0.15, 0.2) is 0 Å². The maximum atomic E-state index is 13.5. The molecule has 43 heavy (non-hydrogen) atoms. The summed E-state index contributed by atoms with van der Waals surface area (Å²) in [6.45, 7) is 2.74.